The molecular formula is C11H11NO5. The number of carbonyl (C=O) groups excluding carboxylic acids is 1. The van der Waals surface area contributed by atoms with E-state index in [1.165, 1.54) is 0 Å². The molecule has 0 aliphatic carbocycles. The highest BCUT2D eigenvalue weighted by Gasteiger charge is 2.29. The number of ether oxygens (including phenoxy) is 1. The Labute approximate surface area is 97.2 Å². The van der Waals surface area contributed by atoms with Crippen LogP contribution in [0.5, 0.6) is 0 Å². The minimum atomic E-state index is -0.825. The highest BCUT2D eigenvalue weighted by atomic mass is 16.9. The van der Waals surface area contributed by atoms with Crippen LogP contribution in [0, 0.1) is 10.1 Å². The molecule has 0 bridgehead atoms. The van der Waals surface area contributed by atoms with Gasteiger partial charge in [0.05, 0.1) is 12.2 Å². The van der Waals surface area contributed by atoms with Gasteiger partial charge in [0.15, 0.2) is 0 Å². The first-order chi connectivity index (χ1) is 8.18. The Kier molecular flexibility index (Phi) is 3.22. The summed E-state index contributed by atoms with van der Waals surface area (Å²) in [5.41, 5.74) is 1.42. The van der Waals surface area contributed by atoms with Crippen molar-refractivity contribution in [3.63, 3.8) is 0 Å². The van der Waals surface area contributed by atoms with E-state index in [-0.39, 0.29) is 18.7 Å². The summed E-state index contributed by atoms with van der Waals surface area (Å²) >= 11 is 0. The molecule has 0 fully saturated rings. The van der Waals surface area contributed by atoms with E-state index in [1.807, 2.05) is 12.1 Å². The van der Waals surface area contributed by atoms with Gasteiger partial charge in [0.2, 0.25) is 0 Å². The number of hydrogen-bond donors (Lipinski definition) is 0. The Bertz CT molecular complexity index is 445. The maximum Gasteiger partial charge on any atom is 0.339 e. The average Bonchev–Trinajstić information content (AvgIpc) is 2.63. The monoisotopic (exact) mass is 237 g/mol. The summed E-state index contributed by atoms with van der Waals surface area (Å²) in [6.07, 6.45) is 0.679. The molecule has 1 aliphatic heterocycles. The first kappa shape index (κ1) is 11.4. The molecule has 0 amide bonds. The van der Waals surface area contributed by atoms with E-state index >= 15 is 0 Å². The van der Waals surface area contributed by atoms with Gasteiger partial charge in [-0.15, -0.1) is 10.1 Å². The number of hydrogen-bond acceptors (Lipinski definition) is 5. The smallest absolute Gasteiger partial charge is 0.339 e. The van der Waals surface area contributed by atoms with Crippen molar-refractivity contribution in [2.24, 2.45) is 0 Å². The number of esters is 1. The number of rotatable bonds is 5. The molecule has 1 aliphatic rings. The summed E-state index contributed by atoms with van der Waals surface area (Å²) < 4.78 is 5.17. The van der Waals surface area contributed by atoms with Gasteiger partial charge in [0.1, 0.15) is 6.10 Å². The molecule has 0 aromatic heterocycles. The van der Waals surface area contributed by atoms with Crippen molar-refractivity contribution in [3.8, 4) is 0 Å². The molecule has 0 saturated carbocycles. The van der Waals surface area contributed by atoms with Crippen molar-refractivity contribution in [1.82, 2.24) is 0 Å². The third kappa shape index (κ3) is 2.52. The van der Waals surface area contributed by atoms with Gasteiger partial charge in [-0.25, -0.2) is 4.79 Å². The molecule has 17 heavy (non-hydrogen) atoms. The van der Waals surface area contributed by atoms with E-state index in [2.05, 4.69) is 4.84 Å². The van der Waals surface area contributed by atoms with Crippen LogP contribution in [0.15, 0.2) is 24.3 Å². The second kappa shape index (κ2) is 4.82. The van der Waals surface area contributed by atoms with Crippen LogP contribution in [-0.4, -0.2) is 17.7 Å². The van der Waals surface area contributed by atoms with Gasteiger partial charge in [0, 0.05) is 5.56 Å². The fraction of sp³-hybridized carbons (Fsp3) is 0.364. The minimum Gasteiger partial charge on any atom is -0.454 e. The van der Waals surface area contributed by atoms with Crippen molar-refractivity contribution in [2.75, 3.05) is 6.61 Å². The third-order valence-electron chi connectivity index (χ3n) is 2.58. The van der Waals surface area contributed by atoms with Crippen LogP contribution in [0.4, 0.5) is 0 Å². The molecule has 6 heteroatoms. The highest BCUT2D eigenvalue weighted by Crippen LogP contribution is 2.33. The number of cyclic esters (lactones) is 1. The van der Waals surface area contributed by atoms with Gasteiger partial charge in [-0.2, -0.15) is 0 Å². The molecule has 0 N–H and O–H groups in total. The molecule has 1 aromatic carbocycles. The van der Waals surface area contributed by atoms with Crippen LogP contribution in [0.1, 0.15) is 34.9 Å². The normalized spacial score (nSPS) is 17.4. The zero-order chi connectivity index (χ0) is 12.3. The van der Waals surface area contributed by atoms with Gasteiger partial charge < -0.3 is 9.57 Å². The highest BCUT2D eigenvalue weighted by molar-refractivity contribution is 5.93. The van der Waals surface area contributed by atoms with Crippen molar-refractivity contribution >= 4 is 5.97 Å². The second-order valence-electron chi connectivity index (χ2n) is 3.68. The van der Waals surface area contributed by atoms with Crippen LogP contribution in [0.3, 0.4) is 0 Å². The van der Waals surface area contributed by atoms with Crippen molar-refractivity contribution in [3.05, 3.63) is 45.5 Å². The molecule has 1 aromatic rings. The van der Waals surface area contributed by atoms with Gasteiger partial charge in [0.25, 0.3) is 5.09 Å². The van der Waals surface area contributed by atoms with Gasteiger partial charge in [-0.1, -0.05) is 18.2 Å². The van der Waals surface area contributed by atoms with Crippen LogP contribution in [0.25, 0.3) is 0 Å². The van der Waals surface area contributed by atoms with Crippen LogP contribution in [-0.2, 0) is 9.57 Å². The zero-order valence-corrected chi connectivity index (χ0v) is 9.00. The lowest BCUT2D eigenvalue weighted by molar-refractivity contribution is -0.757. The predicted octanol–water partition coefficient (Wildman–Crippen LogP) is 1.89. The summed E-state index contributed by atoms with van der Waals surface area (Å²) in [5.74, 6) is -0.333. The average molecular weight is 237 g/mol. The zero-order valence-electron chi connectivity index (χ0n) is 9.00. The van der Waals surface area contributed by atoms with Crippen molar-refractivity contribution in [2.45, 2.75) is 18.9 Å². The maximum absolute atomic E-state index is 11.5. The lowest BCUT2D eigenvalue weighted by Gasteiger charge is -2.09. The van der Waals surface area contributed by atoms with E-state index < -0.39 is 5.09 Å². The van der Waals surface area contributed by atoms with Gasteiger partial charge in [-0.3, -0.25) is 0 Å². The first-order valence-electron chi connectivity index (χ1n) is 5.25. The largest absolute Gasteiger partial charge is 0.454 e. The van der Waals surface area contributed by atoms with E-state index in [0.717, 1.165) is 5.56 Å². The van der Waals surface area contributed by atoms with Crippen LogP contribution in [0.2, 0.25) is 0 Å². The quantitative estimate of drug-likeness (QED) is 0.338. The van der Waals surface area contributed by atoms with E-state index in [9.17, 15) is 14.9 Å². The van der Waals surface area contributed by atoms with E-state index in [0.29, 0.717) is 18.4 Å². The second-order valence-corrected chi connectivity index (χ2v) is 3.68. The van der Waals surface area contributed by atoms with Crippen LogP contribution < -0.4 is 0 Å². The number of nitrogens with zero attached hydrogens (tertiary/aromatic N) is 1. The Balaban J connectivity index is 1.92. The van der Waals surface area contributed by atoms with Crippen molar-refractivity contribution < 1.29 is 19.5 Å². The number of fused-ring (bicyclic) bond motifs is 1. The number of carbonyl (C=O) groups is 1. The summed E-state index contributed by atoms with van der Waals surface area (Å²) in [6.45, 7) is 0.0171. The topological polar surface area (TPSA) is 78.7 Å². The summed E-state index contributed by atoms with van der Waals surface area (Å²) in [5, 5.41) is 9.12. The molecule has 6 nitrogen and oxygen atoms in total. The van der Waals surface area contributed by atoms with E-state index in [4.69, 9.17) is 4.74 Å². The Morgan fingerprint density at radius 2 is 2.18 bits per heavy atom. The van der Waals surface area contributed by atoms with Crippen LogP contribution >= 0.6 is 0 Å². The third-order valence-corrected chi connectivity index (χ3v) is 2.58. The molecule has 1 heterocycles. The molecule has 0 spiro atoms. The molecular weight excluding hydrogens is 226 g/mol. The van der Waals surface area contributed by atoms with Crippen molar-refractivity contribution in [1.29, 1.82) is 0 Å². The Morgan fingerprint density at radius 3 is 2.94 bits per heavy atom. The number of benzene rings is 1. The summed E-state index contributed by atoms with van der Waals surface area (Å²) in [7, 11) is 0. The fourth-order valence-corrected chi connectivity index (χ4v) is 1.84. The Hall–Kier alpha value is -2.11. The van der Waals surface area contributed by atoms with Gasteiger partial charge in [-0.05, 0) is 18.9 Å². The fourth-order valence-electron chi connectivity index (χ4n) is 1.84. The molecule has 90 valence electrons. The lowest BCUT2D eigenvalue weighted by atomic mass is 10.0. The molecule has 1 atom stereocenters. The predicted molar refractivity (Wildman–Crippen MR) is 56.8 cm³/mol. The molecule has 0 saturated heterocycles. The first-order valence-corrected chi connectivity index (χ1v) is 5.25. The maximum atomic E-state index is 11.5. The molecule has 0 radical (unpaired) electrons. The Morgan fingerprint density at radius 1 is 1.41 bits per heavy atom. The van der Waals surface area contributed by atoms with Gasteiger partial charge >= 0.3 is 5.97 Å². The summed E-state index contributed by atoms with van der Waals surface area (Å²) in [6, 6.07) is 7.16. The molecule has 1 unspecified atom stereocenters. The van der Waals surface area contributed by atoms with E-state index in [1.54, 1.807) is 12.1 Å². The lowest BCUT2D eigenvalue weighted by Crippen LogP contribution is -2.05. The SMILES string of the molecule is O=C1OC(CCCO[N+](=O)[O-])c2ccccc21. The molecule has 2 rings (SSSR count). The summed E-state index contributed by atoms with van der Waals surface area (Å²) in [4.78, 5) is 25.6. The minimum absolute atomic E-state index is 0.0171. The standard InChI is InChI=1S/C11H11NO5/c13-11-9-5-2-1-4-8(9)10(17-11)6-3-7-16-12(14)15/h1-2,4-5,10H,3,6-7H2.